The molecule has 270 valence electrons. The molecular formula is C56H31N3. The van der Waals surface area contributed by atoms with Crippen molar-refractivity contribution in [2.75, 3.05) is 0 Å². The Morgan fingerprint density at radius 1 is 0.271 bits per heavy atom. The van der Waals surface area contributed by atoms with Gasteiger partial charge in [0.15, 0.2) is 0 Å². The lowest BCUT2D eigenvalue weighted by molar-refractivity contribution is 1.18. The van der Waals surface area contributed by atoms with Crippen molar-refractivity contribution in [3.8, 4) is 16.8 Å². The van der Waals surface area contributed by atoms with Crippen LogP contribution in [0.25, 0.3) is 136 Å². The molecule has 3 heteroatoms. The van der Waals surface area contributed by atoms with Crippen molar-refractivity contribution in [1.29, 1.82) is 0 Å². The summed E-state index contributed by atoms with van der Waals surface area (Å²) in [5.74, 6) is 0. The van der Waals surface area contributed by atoms with E-state index in [1.54, 1.807) is 0 Å². The third-order valence-corrected chi connectivity index (χ3v) is 13.6. The SMILES string of the molecule is c1ccc(-n2c3ccccc3c3cc(-c4cc5ccccc5c5c6cccc7c8cc9c(cc8n(c45)c76)c4cccc5c6c7ccccc7ccc6n9c45)ccc32)cc1. The molecule has 0 saturated carbocycles. The second kappa shape index (κ2) is 10.5. The van der Waals surface area contributed by atoms with Crippen molar-refractivity contribution in [3.05, 3.63) is 188 Å². The number of rotatable bonds is 2. The highest BCUT2D eigenvalue weighted by Gasteiger charge is 2.25. The molecule has 0 atom stereocenters. The molecule has 0 N–H and O–H groups in total. The van der Waals surface area contributed by atoms with Gasteiger partial charge in [0, 0.05) is 65.1 Å². The van der Waals surface area contributed by atoms with Gasteiger partial charge >= 0.3 is 0 Å². The minimum Gasteiger partial charge on any atom is -0.309 e. The molecule has 0 unspecified atom stereocenters. The zero-order valence-electron chi connectivity index (χ0n) is 31.7. The molecular weight excluding hydrogens is 715 g/mol. The molecule has 0 amide bonds. The molecule has 59 heavy (non-hydrogen) atoms. The number of hydrogen-bond donors (Lipinski definition) is 0. The van der Waals surface area contributed by atoms with Gasteiger partial charge in [-0.05, 0) is 81.7 Å². The molecule has 5 heterocycles. The summed E-state index contributed by atoms with van der Waals surface area (Å²) in [6.45, 7) is 0. The van der Waals surface area contributed by atoms with E-state index in [0.29, 0.717) is 0 Å². The minimum atomic E-state index is 1.17. The van der Waals surface area contributed by atoms with E-state index in [0.717, 1.165) is 0 Å². The van der Waals surface area contributed by atoms with Gasteiger partial charge in [0.1, 0.15) is 0 Å². The zero-order valence-corrected chi connectivity index (χ0v) is 31.7. The third kappa shape index (κ3) is 3.62. The second-order valence-electron chi connectivity index (χ2n) is 16.4. The monoisotopic (exact) mass is 745 g/mol. The van der Waals surface area contributed by atoms with Crippen LogP contribution >= 0.6 is 0 Å². The minimum absolute atomic E-state index is 1.17. The predicted octanol–water partition coefficient (Wildman–Crippen LogP) is 15.1. The van der Waals surface area contributed by atoms with Crippen LogP contribution in [0.4, 0.5) is 0 Å². The Bertz CT molecular complexity index is 4290. The van der Waals surface area contributed by atoms with Crippen molar-refractivity contribution in [1.82, 2.24) is 13.4 Å². The van der Waals surface area contributed by atoms with E-state index in [4.69, 9.17) is 0 Å². The highest BCUT2D eigenvalue weighted by molar-refractivity contribution is 6.34. The first-order valence-corrected chi connectivity index (χ1v) is 20.5. The van der Waals surface area contributed by atoms with Crippen molar-refractivity contribution in [2.24, 2.45) is 0 Å². The van der Waals surface area contributed by atoms with Gasteiger partial charge in [-0.3, -0.25) is 0 Å². The van der Waals surface area contributed by atoms with Crippen LogP contribution in [0.5, 0.6) is 0 Å². The van der Waals surface area contributed by atoms with E-state index < -0.39 is 0 Å². The van der Waals surface area contributed by atoms with Gasteiger partial charge in [-0.15, -0.1) is 0 Å². The molecule has 10 aromatic carbocycles. The number of hydrogen-bond acceptors (Lipinski definition) is 0. The van der Waals surface area contributed by atoms with Crippen molar-refractivity contribution < 1.29 is 0 Å². The lowest BCUT2D eigenvalue weighted by Crippen LogP contribution is -1.93. The Kier molecular flexibility index (Phi) is 5.41. The largest absolute Gasteiger partial charge is 0.309 e. The maximum atomic E-state index is 2.61. The quantitative estimate of drug-likeness (QED) is 0.167. The highest BCUT2D eigenvalue weighted by Crippen LogP contribution is 2.49. The first-order valence-electron chi connectivity index (χ1n) is 20.5. The van der Waals surface area contributed by atoms with E-state index >= 15 is 0 Å². The summed E-state index contributed by atoms with van der Waals surface area (Å²) in [6, 6.07) is 70.3. The third-order valence-electron chi connectivity index (χ3n) is 13.6. The molecule has 15 aromatic rings. The van der Waals surface area contributed by atoms with Crippen LogP contribution in [0.1, 0.15) is 0 Å². The number of para-hydroxylation sites is 4. The predicted molar refractivity (Wildman–Crippen MR) is 251 cm³/mol. The fourth-order valence-corrected chi connectivity index (χ4v) is 11.3. The van der Waals surface area contributed by atoms with Crippen LogP contribution < -0.4 is 0 Å². The summed E-state index contributed by atoms with van der Waals surface area (Å²) in [5, 5.41) is 18.1. The molecule has 5 aromatic heterocycles. The van der Waals surface area contributed by atoms with E-state index in [1.807, 2.05) is 0 Å². The Labute approximate surface area is 336 Å². The first-order chi connectivity index (χ1) is 29.3. The normalized spacial score (nSPS) is 12.7. The summed E-state index contributed by atoms with van der Waals surface area (Å²) >= 11 is 0. The van der Waals surface area contributed by atoms with Gasteiger partial charge in [0.25, 0.3) is 0 Å². The Balaban J connectivity index is 1.10. The van der Waals surface area contributed by atoms with Crippen LogP contribution in [0.15, 0.2) is 188 Å². The molecule has 15 rings (SSSR count). The highest BCUT2D eigenvalue weighted by atomic mass is 15.0. The van der Waals surface area contributed by atoms with E-state index in [2.05, 4.69) is 201 Å². The standard InChI is InChI=1S/C56H31N3/c1-2-14-35(15-3-1)57-47-23-9-8-18-38(47)44-29-34(25-26-48(44)57)43-28-33-13-5-7-17-37(33)53-42-22-11-20-40-46-30-50-45(31-51(46)59(55(40)42)56(43)53)39-19-10-21-41-52-36-16-6-4-12-32(36)24-27-49(52)58(50)54(39)41/h1-31H. The molecule has 0 bridgehead atoms. The maximum absolute atomic E-state index is 2.61. The lowest BCUT2D eigenvalue weighted by Gasteiger charge is -2.11. The topological polar surface area (TPSA) is 13.8 Å². The van der Waals surface area contributed by atoms with Crippen LogP contribution in [-0.4, -0.2) is 13.4 Å². The van der Waals surface area contributed by atoms with Crippen LogP contribution in [-0.2, 0) is 0 Å². The molecule has 0 aliphatic carbocycles. The van der Waals surface area contributed by atoms with Crippen LogP contribution in [0.2, 0.25) is 0 Å². The molecule has 0 aliphatic rings. The van der Waals surface area contributed by atoms with Crippen LogP contribution in [0.3, 0.4) is 0 Å². The number of benzene rings is 10. The fourth-order valence-electron chi connectivity index (χ4n) is 11.3. The lowest BCUT2D eigenvalue weighted by atomic mass is 9.94. The molecule has 0 aliphatic heterocycles. The van der Waals surface area contributed by atoms with E-state index in [-0.39, 0.29) is 0 Å². The molecule has 0 fully saturated rings. The maximum Gasteiger partial charge on any atom is 0.0626 e. The molecule has 0 saturated heterocycles. The van der Waals surface area contributed by atoms with Gasteiger partial charge in [0.2, 0.25) is 0 Å². The Morgan fingerprint density at radius 3 is 1.63 bits per heavy atom. The van der Waals surface area contributed by atoms with Gasteiger partial charge in [0.05, 0.1) is 44.1 Å². The van der Waals surface area contributed by atoms with Gasteiger partial charge in [-0.2, -0.15) is 0 Å². The number of nitrogens with zero attached hydrogens (tertiary/aromatic N) is 3. The molecule has 0 spiro atoms. The van der Waals surface area contributed by atoms with E-state index in [1.165, 1.54) is 136 Å². The zero-order chi connectivity index (χ0) is 38.1. The summed E-state index contributed by atoms with van der Waals surface area (Å²) < 4.78 is 7.54. The summed E-state index contributed by atoms with van der Waals surface area (Å²) in [6.07, 6.45) is 0. The van der Waals surface area contributed by atoms with Crippen molar-refractivity contribution in [2.45, 2.75) is 0 Å². The Morgan fingerprint density at radius 2 is 0.831 bits per heavy atom. The molecule has 0 radical (unpaired) electrons. The van der Waals surface area contributed by atoms with Crippen molar-refractivity contribution >= 4 is 120 Å². The summed E-state index contributed by atoms with van der Waals surface area (Å²) in [5.41, 5.74) is 13.7. The summed E-state index contributed by atoms with van der Waals surface area (Å²) in [4.78, 5) is 0. The van der Waals surface area contributed by atoms with Crippen LogP contribution in [0, 0.1) is 0 Å². The summed E-state index contributed by atoms with van der Waals surface area (Å²) in [7, 11) is 0. The number of aromatic nitrogens is 3. The average molecular weight is 746 g/mol. The fraction of sp³-hybridized carbons (Fsp3) is 0. The first kappa shape index (κ1) is 30.3. The second-order valence-corrected chi connectivity index (χ2v) is 16.4. The Hall–Kier alpha value is -7.88. The average Bonchev–Trinajstić information content (AvgIpc) is 4.09. The molecule has 3 nitrogen and oxygen atoms in total. The van der Waals surface area contributed by atoms with E-state index in [9.17, 15) is 0 Å². The smallest absolute Gasteiger partial charge is 0.0626 e. The van der Waals surface area contributed by atoms with Gasteiger partial charge < -0.3 is 13.4 Å². The van der Waals surface area contributed by atoms with Gasteiger partial charge in [-0.25, -0.2) is 0 Å². The van der Waals surface area contributed by atoms with Gasteiger partial charge in [-0.1, -0.05) is 133 Å². The number of fused-ring (bicyclic) bond motifs is 19. The van der Waals surface area contributed by atoms with Crippen molar-refractivity contribution in [3.63, 3.8) is 0 Å².